The maximum Gasteiger partial charge on any atom is 0.339 e. The summed E-state index contributed by atoms with van der Waals surface area (Å²) in [6.45, 7) is 2.09. The number of pyridine rings is 1. The molecule has 0 radical (unpaired) electrons. The standard InChI is InChI=1S/C16H15NO4/c1-3-21-15(18)7-5-11-4-6-14-12(8-11)9-13(10-17-14)16(19)20-2/h4-10H,3H2,1-2H3/b7-5+. The van der Waals surface area contributed by atoms with Gasteiger partial charge in [0.05, 0.1) is 24.8 Å². The fourth-order valence-corrected chi connectivity index (χ4v) is 1.84. The first-order valence-corrected chi connectivity index (χ1v) is 6.47. The highest BCUT2D eigenvalue weighted by Gasteiger charge is 2.07. The van der Waals surface area contributed by atoms with E-state index < -0.39 is 5.97 Å². The zero-order valence-corrected chi connectivity index (χ0v) is 11.8. The van der Waals surface area contributed by atoms with Gasteiger partial charge in [-0.05, 0) is 36.8 Å². The maximum absolute atomic E-state index is 11.5. The van der Waals surface area contributed by atoms with Crippen molar-refractivity contribution < 1.29 is 19.1 Å². The topological polar surface area (TPSA) is 65.5 Å². The van der Waals surface area contributed by atoms with Crippen LogP contribution >= 0.6 is 0 Å². The van der Waals surface area contributed by atoms with Crippen molar-refractivity contribution in [2.45, 2.75) is 6.92 Å². The second-order valence-electron chi connectivity index (χ2n) is 4.25. The summed E-state index contributed by atoms with van der Waals surface area (Å²) in [6, 6.07) is 7.20. The Hall–Kier alpha value is -2.69. The van der Waals surface area contributed by atoms with E-state index in [2.05, 4.69) is 9.72 Å². The van der Waals surface area contributed by atoms with Crippen LogP contribution in [0.1, 0.15) is 22.8 Å². The Kier molecular flexibility index (Phi) is 4.66. The Morgan fingerprint density at radius 1 is 1.29 bits per heavy atom. The van der Waals surface area contributed by atoms with E-state index in [-0.39, 0.29) is 5.97 Å². The summed E-state index contributed by atoms with van der Waals surface area (Å²) in [5.41, 5.74) is 1.96. The van der Waals surface area contributed by atoms with Crippen molar-refractivity contribution in [1.82, 2.24) is 4.98 Å². The fraction of sp³-hybridized carbons (Fsp3) is 0.188. The molecular weight excluding hydrogens is 270 g/mol. The van der Waals surface area contributed by atoms with Gasteiger partial charge in [-0.3, -0.25) is 4.98 Å². The van der Waals surface area contributed by atoms with Crippen molar-refractivity contribution in [3.05, 3.63) is 47.7 Å². The lowest BCUT2D eigenvalue weighted by Gasteiger charge is -2.02. The van der Waals surface area contributed by atoms with Crippen molar-refractivity contribution in [3.63, 3.8) is 0 Å². The zero-order chi connectivity index (χ0) is 15.2. The molecule has 108 valence electrons. The van der Waals surface area contributed by atoms with Crippen LogP contribution in [0.25, 0.3) is 17.0 Å². The molecule has 0 bridgehead atoms. The molecule has 5 heteroatoms. The second-order valence-corrected chi connectivity index (χ2v) is 4.25. The van der Waals surface area contributed by atoms with Gasteiger partial charge in [-0.15, -0.1) is 0 Å². The number of benzene rings is 1. The molecule has 1 heterocycles. The van der Waals surface area contributed by atoms with E-state index in [1.807, 2.05) is 18.2 Å². The highest BCUT2D eigenvalue weighted by atomic mass is 16.5. The van der Waals surface area contributed by atoms with Crippen molar-refractivity contribution in [2.24, 2.45) is 0 Å². The molecule has 0 saturated carbocycles. The van der Waals surface area contributed by atoms with Crippen molar-refractivity contribution in [1.29, 1.82) is 0 Å². The maximum atomic E-state index is 11.5. The Balaban J connectivity index is 2.31. The summed E-state index contributed by atoms with van der Waals surface area (Å²) >= 11 is 0. The Bertz CT molecular complexity index is 706. The Labute approximate surface area is 122 Å². The molecule has 0 saturated heterocycles. The summed E-state index contributed by atoms with van der Waals surface area (Å²) < 4.78 is 9.48. The molecule has 5 nitrogen and oxygen atoms in total. The lowest BCUT2D eigenvalue weighted by Crippen LogP contribution is -2.01. The summed E-state index contributed by atoms with van der Waals surface area (Å²) in [4.78, 5) is 27.0. The molecule has 21 heavy (non-hydrogen) atoms. The van der Waals surface area contributed by atoms with E-state index in [9.17, 15) is 9.59 Å². The highest BCUT2D eigenvalue weighted by Crippen LogP contribution is 2.17. The number of carbonyl (C=O) groups excluding carboxylic acids is 2. The molecular formula is C16H15NO4. The van der Waals surface area contributed by atoms with Crippen LogP contribution in [-0.4, -0.2) is 30.6 Å². The molecule has 0 spiro atoms. The number of ether oxygens (including phenoxy) is 2. The van der Waals surface area contributed by atoms with E-state index >= 15 is 0 Å². The predicted molar refractivity (Wildman–Crippen MR) is 78.7 cm³/mol. The van der Waals surface area contributed by atoms with Gasteiger partial charge in [-0.2, -0.15) is 0 Å². The second kappa shape index (κ2) is 6.65. The molecule has 0 amide bonds. The lowest BCUT2D eigenvalue weighted by atomic mass is 10.1. The number of nitrogens with zero attached hydrogens (tertiary/aromatic N) is 1. The summed E-state index contributed by atoms with van der Waals surface area (Å²) in [5.74, 6) is -0.823. The van der Waals surface area contributed by atoms with Crippen molar-refractivity contribution in [2.75, 3.05) is 13.7 Å². The fourth-order valence-electron chi connectivity index (χ4n) is 1.84. The highest BCUT2D eigenvalue weighted by molar-refractivity contribution is 5.94. The Morgan fingerprint density at radius 2 is 2.10 bits per heavy atom. The van der Waals surface area contributed by atoms with Gasteiger partial charge in [0.15, 0.2) is 0 Å². The van der Waals surface area contributed by atoms with Crippen LogP contribution in [0.4, 0.5) is 0 Å². The molecule has 0 atom stereocenters. The average molecular weight is 285 g/mol. The molecule has 0 aliphatic heterocycles. The van der Waals surface area contributed by atoms with Gasteiger partial charge in [0, 0.05) is 17.7 Å². The van der Waals surface area contributed by atoms with Crippen LogP contribution in [0.2, 0.25) is 0 Å². The lowest BCUT2D eigenvalue weighted by molar-refractivity contribution is -0.137. The summed E-state index contributed by atoms with van der Waals surface area (Å²) in [7, 11) is 1.32. The zero-order valence-electron chi connectivity index (χ0n) is 11.8. The number of hydrogen-bond acceptors (Lipinski definition) is 5. The number of rotatable bonds is 4. The monoisotopic (exact) mass is 285 g/mol. The van der Waals surface area contributed by atoms with Gasteiger partial charge in [-0.25, -0.2) is 9.59 Å². The minimum absolute atomic E-state index is 0.341. The molecule has 0 aliphatic rings. The minimum atomic E-state index is -0.433. The van der Waals surface area contributed by atoms with Crippen molar-refractivity contribution in [3.8, 4) is 0 Å². The SMILES string of the molecule is CCOC(=O)/C=C/c1ccc2ncc(C(=O)OC)cc2c1. The van der Waals surface area contributed by atoms with E-state index in [1.54, 1.807) is 19.1 Å². The molecule has 0 N–H and O–H groups in total. The molecule has 1 aromatic carbocycles. The average Bonchev–Trinajstić information content (AvgIpc) is 2.51. The van der Waals surface area contributed by atoms with E-state index in [1.165, 1.54) is 19.4 Å². The molecule has 0 aliphatic carbocycles. The van der Waals surface area contributed by atoms with Crippen LogP contribution in [0.3, 0.4) is 0 Å². The number of carbonyl (C=O) groups is 2. The predicted octanol–water partition coefficient (Wildman–Crippen LogP) is 2.60. The van der Waals surface area contributed by atoms with Gasteiger partial charge in [0.25, 0.3) is 0 Å². The van der Waals surface area contributed by atoms with Crippen LogP contribution in [-0.2, 0) is 14.3 Å². The number of esters is 2. The van der Waals surface area contributed by atoms with E-state index in [0.29, 0.717) is 12.2 Å². The number of aromatic nitrogens is 1. The molecule has 2 aromatic rings. The van der Waals surface area contributed by atoms with Crippen LogP contribution in [0.5, 0.6) is 0 Å². The Morgan fingerprint density at radius 3 is 2.81 bits per heavy atom. The first-order valence-electron chi connectivity index (χ1n) is 6.47. The number of fused-ring (bicyclic) bond motifs is 1. The molecule has 1 aromatic heterocycles. The van der Waals surface area contributed by atoms with E-state index in [0.717, 1.165) is 16.5 Å². The van der Waals surface area contributed by atoms with Crippen LogP contribution in [0, 0.1) is 0 Å². The van der Waals surface area contributed by atoms with Gasteiger partial charge in [0.1, 0.15) is 0 Å². The first kappa shape index (κ1) is 14.7. The third kappa shape index (κ3) is 3.66. The van der Waals surface area contributed by atoms with Gasteiger partial charge >= 0.3 is 11.9 Å². The molecule has 0 fully saturated rings. The van der Waals surface area contributed by atoms with Gasteiger partial charge < -0.3 is 9.47 Å². The largest absolute Gasteiger partial charge is 0.465 e. The molecule has 2 rings (SSSR count). The van der Waals surface area contributed by atoms with Crippen LogP contribution < -0.4 is 0 Å². The first-order chi connectivity index (χ1) is 10.1. The van der Waals surface area contributed by atoms with Gasteiger partial charge in [-0.1, -0.05) is 6.07 Å². The normalized spacial score (nSPS) is 10.8. The van der Waals surface area contributed by atoms with Gasteiger partial charge in [0.2, 0.25) is 0 Å². The minimum Gasteiger partial charge on any atom is -0.465 e. The van der Waals surface area contributed by atoms with E-state index in [4.69, 9.17) is 4.74 Å². The van der Waals surface area contributed by atoms with Crippen LogP contribution in [0.15, 0.2) is 36.5 Å². The van der Waals surface area contributed by atoms with Crippen molar-refractivity contribution >= 4 is 28.9 Å². The quantitative estimate of drug-likeness (QED) is 0.638. The smallest absolute Gasteiger partial charge is 0.339 e. The summed E-state index contributed by atoms with van der Waals surface area (Å²) in [5, 5.41) is 0.795. The third-order valence-electron chi connectivity index (χ3n) is 2.82. The third-order valence-corrected chi connectivity index (χ3v) is 2.82. The number of methoxy groups -OCH3 is 1. The summed E-state index contributed by atoms with van der Waals surface area (Å²) in [6.07, 6.45) is 4.49. The number of hydrogen-bond donors (Lipinski definition) is 0. The molecule has 0 unspecified atom stereocenters.